The molecule has 0 spiro atoms. The van der Waals surface area contributed by atoms with Gasteiger partial charge >= 0.3 is 0 Å². The van der Waals surface area contributed by atoms with Crippen molar-refractivity contribution >= 4 is 5.91 Å². The summed E-state index contributed by atoms with van der Waals surface area (Å²) < 4.78 is 0. The van der Waals surface area contributed by atoms with Crippen LogP contribution in [0.3, 0.4) is 0 Å². The molecule has 1 N–H and O–H groups in total. The molecule has 19 heavy (non-hydrogen) atoms. The van der Waals surface area contributed by atoms with Crippen molar-refractivity contribution in [1.82, 2.24) is 10.2 Å². The Balaban J connectivity index is 1.94. The van der Waals surface area contributed by atoms with Gasteiger partial charge in [-0.25, -0.2) is 0 Å². The third-order valence-corrected chi connectivity index (χ3v) is 3.35. The maximum absolute atomic E-state index is 12.2. The summed E-state index contributed by atoms with van der Waals surface area (Å²) in [4.78, 5) is 14.2. The third-order valence-electron chi connectivity index (χ3n) is 3.35. The van der Waals surface area contributed by atoms with Crippen molar-refractivity contribution in [2.24, 2.45) is 0 Å². The molecule has 2 rings (SSSR count). The molecule has 3 nitrogen and oxygen atoms in total. The maximum atomic E-state index is 12.2. The second-order valence-corrected chi connectivity index (χ2v) is 5.16. The smallest absolute Gasteiger partial charge is 0.237 e. The molecular weight excluding hydrogens is 236 g/mol. The highest BCUT2D eigenvalue weighted by molar-refractivity contribution is 5.79. The molecule has 0 aromatic heterocycles. The van der Waals surface area contributed by atoms with Crippen LogP contribution in [0, 0.1) is 6.92 Å². The van der Waals surface area contributed by atoms with E-state index in [1.807, 2.05) is 4.90 Å². The molecule has 102 valence electrons. The van der Waals surface area contributed by atoms with Gasteiger partial charge in [0, 0.05) is 19.1 Å². The molecule has 0 radical (unpaired) electrons. The molecule has 1 aromatic carbocycles. The van der Waals surface area contributed by atoms with Crippen LogP contribution in [0.2, 0.25) is 0 Å². The lowest BCUT2D eigenvalue weighted by atomic mass is 10.1. The fraction of sp³-hybridized carbons (Fsp3) is 0.438. The number of carbonyl (C=O) groups excluding carboxylic acids is 1. The van der Waals surface area contributed by atoms with Gasteiger partial charge in [-0.05, 0) is 25.3 Å². The molecule has 1 aliphatic rings. The number of benzene rings is 1. The Labute approximate surface area is 115 Å². The summed E-state index contributed by atoms with van der Waals surface area (Å²) in [5.74, 6) is 0.185. The van der Waals surface area contributed by atoms with E-state index in [-0.39, 0.29) is 5.91 Å². The first-order valence-electron chi connectivity index (χ1n) is 6.87. The molecule has 1 aromatic rings. The van der Waals surface area contributed by atoms with Gasteiger partial charge in [0.2, 0.25) is 5.91 Å². The van der Waals surface area contributed by atoms with Crippen molar-refractivity contribution in [2.75, 3.05) is 13.1 Å². The Morgan fingerprint density at radius 3 is 2.68 bits per heavy atom. The maximum Gasteiger partial charge on any atom is 0.237 e. The average molecular weight is 258 g/mol. The zero-order valence-corrected chi connectivity index (χ0v) is 11.6. The van der Waals surface area contributed by atoms with Crippen LogP contribution >= 0.6 is 0 Å². The summed E-state index contributed by atoms with van der Waals surface area (Å²) in [6, 6.07) is 8.85. The van der Waals surface area contributed by atoms with Crippen LogP contribution in [0.25, 0.3) is 0 Å². The quantitative estimate of drug-likeness (QED) is 0.601. The number of hydrogen-bond donors (Lipinski definition) is 1. The van der Waals surface area contributed by atoms with Crippen molar-refractivity contribution in [3.63, 3.8) is 0 Å². The normalized spacial score (nSPS) is 14.2. The molecule has 1 aliphatic carbocycles. The Morgan fingerprint density at radius 2 is 2.11 bits per heavy atom. The molecule has 1 fully saturated rings. The molecule has 0 atom stereocenters. The molecule has 0 unspecified atom stereocenters. The second kappa shape index (κ2) is 6.53. The summed E-state index contributed by atoms with van der Waals surface area (Å²) in [5.41, 5.74) is 2.45. The number of carbonyl (C=O) groups is 1. The van der Waals surface area contributed by atoms with Crippen LogP contribution in [-0.4, -0.2) is 29.9 Å². The number of amides is 1. The molecule has 0 aliphatic heterocycles. The highest BCUT2D eigenvalue weighted by Gasteiger charge is 2.32. The SMILES string of the molecule is C=CCNCC(=O)N(Cc1ccc(C)cc1)C1CC1. The van der Waals surface area contributed by atoms with Gasteiger partial charge in [-0.15, -0.1) is 6.58 Å². The predicted molar refractivity (Wildman–Crippen MR) is 77.8 cm³/mol. The van der Waals surface area contributed by atoms with E-state index in [0.29, 0.717) is 19.1 Å². The van der Waals surface area contributed by atoms with Crippen molar-refractivity contribution in [1.29, 1.82) is 0 Å². The van der Waals surface area contributed by atoms with Crippen LogP contribution in [0.1, 0.15) is 24.0 Å². The lowest BCUT2D eigenvalue weighted by Crippen LogP contribution is -2.39. The topological polar surface area (TPSA) is 32.3 Å². The highest BCUT2D eigenvalue weighted by atomic mass is 16.2. The Bertz CT molecular complexity index is 435. The summed E-state index contributed by atoms with van der Waals surface area (Å²) in [5, 5.41) is 3.08. The first-order chi connectivity index (χ1) is 9.20. The molecule has 1 saturated carbocycles. The number of hydrogen-bond acceptors (Lipinski definition) is 2. The van der Waals surface area contributed by atoms with Crippen molar-refractivity contribution < 1.29 is 4.79 Å². The Morgan fingerprint density at radius 1 is 1.42 bits per heavy atom. The zero-order chi connectivity index (χ0) is 13.7. The first kappa shape index (κ1) is 13.8. The number of rotatable bonds is 7. The largest absolute Gasteiger partial charge is 0.334 e. The monoisotopic (exact) mass is 258 g/mol. The fourth-order valence-corrected chi connectivity index (χ4v) is 2.08. The average Bonchev–Trinajstić information content (AvgIpc) is 3.22. The van der Waals surface area contributed by atoms with E-state index in [9.17, 15) is 4.79 Å². The highest BCUT2D eigenvalue weighted by Crippen LogP contribution is 2.28. The minimum absolute atomic E-state index is 0.185. The summed E-state index contributed by atoms with van der Waals surface area (Å²) in [6.07, 6.45) is 4.05. The van der Waals surface area contributed by atoms with Crippen LogP contribution in [-0.2, 0) is 11.3 Å². The number of aryl methyl sites for hydroxylation is 1. The van der Waals surface area contributed by atoms with Gasteiger partial charge in [-0.1, -0.05) is 35.9 Å². The van der Waals surface area contributed by atoms with E-state index in [0.717, 1.165) is 19.4 Å². The van der Waals surface area contributed by atoms with Gasteiger partial charge in [-0.3, -0.25) is 4.79 Å². The van der Waals surface area contributed by atoms with Crippen LogP contribution in [0.4, 0.5) is 0 Å². The zero-order valence-electron chi connectivity index (χ0n) is 11.6. The summed E-state index contributed by atoms with van der Waals surface area (Å²) >= 11 is 0. The number of nitrogens with zero attached hydrogens (tertiary/aromatic N) is 1. The van der Waals surface area contributed by atoms with Gasteiger partial charge in [0.15, 0.2) is 0 Å². The van der Waals surface area contributed by atoms with Gasteiger partial charge < -0.3 is 10.2 Å². The standard InChI is InChI=1S/C16H22N2O/c1-3-10-17-11-16(19)18(15-8-9-15)12-14-6-4-13(2)5-7-14/h3-7,15,17H,1,8-12H2,2H3. The Kier molecular flexibility index (Phi) is 4.74. The molecule has 0 bridgehead atoms. The van der Waals surface area contributed by atoms with Crippen LogP contribution in [0.5, 0.6) is 0 Å². The number of nitrogens with one attached hydrogen (secondary N) is 1. The molecule has 1 amide bonds. The first-order valence-corrected chi connectivity index (χ1v) is 6.87. The predicted octanol–water partition coefficient (Wildman–Crippen LogP) is 2.26. The molecule has 0 heterocycles. The minimum atomic E-state index is 0.185. The Hall–Kier alpha value is -1.61. The van der Waals surface area contributed by atoms with E-state index in [1.54, 1.807) is 6.08 Å². The summed E-state index contributed by atoms with van der Waals surface area (Å²) in [7, 11) is 0. The summed E-state index contributed by atoms with van der Waals surface area (Å²) in [6.45, 7) is 7.51. The van der Waals surface area contributed by atoms with E-state index < -0.39 is 0 Å². The van der Waals surface area contributed by atoms with Crippen molar-refractivity contribution in [3.05, 3.63) is 48.0 Å². The second-order valence-electron chi connectivity index (χ2n) is 5.16. The fourth-order valence-electron chi connectivity index (χ4n) is 2.08. The third kappa shape index (κ3) is 4.21. The minimum Gasteiger partial charge on any atom is -0.334 e. The van der Waals surface area contributed by atoms with Crippen LogP contribution < -0.4 is 5.32 Å². The van der Waals surface area contributed by atoms with Crippen molar-refractivity contribution in [3.8, 4) is 0 Å². The van der Waals surface area contributed by atoms with Crippen molar-refractivity contribution in [2.45, 2.75) is 32.4 Å². The lowest BCUT2D eigenvalue weighted by molar-refractivity contribution is -0.131. The van der Waals surface area contributed by atoms with Gasteiger partial charge in [0.1, 0.15) is 0 Å². The molecule has 0 saturated heterocycles. The van der Waals surface area contributed by atoms with Gasteiger partial charge in [0.05, 0.1) is 6.54 Å². The van der Waals surface area contributed by atoms with Gasteiger partial charge in [-0.2, -0.15) is 0 Å². The van der Waals surface area contributed by atoms with E-state index >= 15 is 0 Å². The van der Waals surface area contributed by atoms with Gasteiger partial charge in [0.25, 0.3) is 0 Å². The lowest BCUT2D eigenvalue weighted by Gasteiger charge is -2.23. The van der Waals surface area contributed by atoms with Crippen LogP contribution in [0.15, 0.2) is 36.9 Å². The van der Waals surface area contributed by atoms with E-state index in [4.69, 9.17) is 0 Å². The molecule has 3 heteroatoms. The molecular formula is C16H22N2O. The van der Waals surface area contributed by atoms with E-state index in [2.05, 4.69) is 43.1 Å². The van der Waals surface area contributed by atoms with E-state index in [1.165, 1.54) is 11.1 Å².